The quantitative estimate of drug-likeness (QED) is 0.396. The molecule has 0 spiro atoms. The molecule has 1 aliphatic heterocycles. The van der Waals surface area contributed by atoms with Crippen LogP contribution in [-0.2, 0) is 0 Å². The summed E-state index contributed by atoms with van der Waals surface area (Å²) in [4.78, 5) is 0. The van der Waals surface area contributed by atoms with Gasteiger partial charge in [-0.2, -0.15) is 0 Å². The molecule has 5 atom stereocenters. The van der Waals surface area contributed by atoms with Crippen LogP contribution < -0.4 is 26.6 Å². The SMILES string of the molecule is OC[C@H]1CNC2CCCC[C@H]2NCCN[C@@H]2CCCC[C@H]2NCCN1. The summed E-state index contributed by atoms with van der Waals surface area (Å²) in [6.07, 6.45) is 10.4. The summed E-state index contributed by atoms with van der Waals surface area (Å²) in [6.45, 7) is 5.05. The maximum Gasteiger partial charge on any atom is 0.0597 e. The van der Waals surface area contributed by atoms with Crippen LogP contribution in [0, 0.1) is 0 Å². The van der Waals surface area contributed by atoms with Crippen molar-refractivity contribution in [1.29, 1.82) is 0 Å². The fourth-order valence-corrected chi connectivity index (χ4v) is 4.78. The summed E-state index contributed by atoms with van der Waals surface area (Å²) in [5.41, 5.74) is 0. The number of nitrogens with one attached hydrogen (secondary N) is 5. The number of rotatable bonds is 1. The van der Waals surface area contributed by atoms with E-state index in [9.17, 15) is 5.11 Å². The van der Waals surface area contributed by atoms with Crippen LogP contribution >= 0.6 is 0 Å². The van der Waals surface area contributed by atoms with Crippen molar-refractivity contribution >= 4 is 0 Å². The first-order valence-corrected chi connectivity index (χ1v) is 10.6. The first kappa shape index (κ1) is 19.5. The Morgan fingerprint density at radius 1 is 0.560 bits per heavy atom. The van der Waals surface area contributed by atoms with E-state index in [-0.39, 0.29) is 12.6 Å². The molecule has 6 N–H and O–H groups in total. The standard InChI is InChI=1S/C19H39N5O/c25-14-15-13-24-19-8-4-3-7-18(19)23-12-11-22-17-6-2-1-5-16(17)21-10-9-20-15/h15-25H,1-14H2/t15-,16-,17-,18-,19?/m1/s1. The highest BCUT2D eigenvalue weighted by atomic mass is 16.3. The van der Waals surface area contributed by atoms with Gasteiger partial charge >= 0.3 is 0 Å². The molecule has 6 heteroatoms. The average molecular weight is 354 g/mol. The molecule has 0 aromatic rings. The largest absolute Gasteiger partial charge is 0.395 e. The molecule has 0 amide bonds. The van der Waals surface area contributed by atoms with Gasteiger partial charge in [0.05, 0.1) is 6.61 Å². The van der Waals surface area contributed by atoms with Gasteiger partial charge in [0.15, 0.2) is 0 Å². The average Bonchev–Trinajstić information content (AvgIpc) is 2.66. The molecule has 1 saturated heterocycles. The lowest BCUT2D eigenvalue weighted by Crippen LogP contribution is -2.54. The van der Waals surface area contributed by atoms with Crippen LogP contribution in [0.1, 0.15) is 51.4 Å². The number of hydrogen-bond donors (Lipinski definition) is 6. The van der Waals surface area contributed by atoms with E-state index in [4.69, 9.17) is 0 Å². The molecule has 3 fully saturated rings. The topological polar surface area (TPSA) is 80.4 Å². The zero-order chi connectivity index (χ0) is 17.3. The van der Waals surface area contributed by atoms with Crippen LogP contribution in [0.3, 0.4) is 0 Å². The van der Waals surface area contributed by atoms with Crippen molar-refractivity contribution in [2.75, 3.05) is 39.3 Å². The first-order valence-electron chi connectivity index (χ1n) is 10.6. The van der Waals surface area contributed by atoms with Crippen LogP contribution in [0.5, 0.6) is 0 Å². The molecule has 1 unspecified atom stereocenters. The summed E-state index contributed by atoms with van der Waals surface area (Å²) in [6, 6.07) is 2.45. The Hall–Kier alpha value is -0.240. The Bertz CT molecular complexity index is 370. The molecule has 146 valence electrons. The van der Waals surface area contributed by atoms with Crippen LogP contribution in [0.2, 0.25) is 0 Å². The van der Waals surface area contributed by atoms with Gasteiger partial charge in [-0.05, 0) is 25.7 Å². The van der Waals surface area contributed by atoms with E-state index >= 15 is 0 Å². The second-order valence-corrected chi connectivity index (χ2v) is 8.10. The van der Waals surface area contributed by atoms with Gasteiger partial charge in [-0.25, -0.2) is 0 Å². The molecular weight excluding hydrogens is 314 g/mol. The molecule has 2 saturated carbocycles. The van der Waals surface area contributed by atoms with Crippen LogP contribution in [0.25, 0.3) is 0 Å². The van der Waals surface area contributed by atoms with Crippen molar-refractivity contribution in [2.45, 2.75) is 81.6 Å². The van der Waals surface area contributed by atoms with Crippen molar-refractivity contribution in [1.82, 2.24) is 26.6 Å². The molecule has 0 aromatic carbocycles. The predicted octanol–water partition coefficient (Wildman–Crippen LogP) is -0.0687. The van der Waals surface area contributed by atoms with Gasteiger partial charge in [0, 0.05) is 62.9 Å². The smallest absolute Gasteiger partial charge is 0.0597 e. The summed E-state index contributed by atoms with van der Waals surface area (Å²) >= 11 is 0. The van der Waals surface area contributed by atoms with E-state index in [1.165, 1.54) is 51.4 Å². The molecule has 0 bridgehead atoms. The van der Waals surface area contributed by atoms with Crippen molar-refractivity contribution in [3.8, 4) is 0 Å². The van der Waals surface area contributed by atoms with E-state index in [0.29, 0.717) is 24.2 Å². The fourth-order valence-electron chi connectivity index (χ4n) is 4.78. The zero-order valence-corrected chi connectivity index (χ0v) is 15.7. The minimum absolute atomic E-state index is 0.148. The maximum atomic E-state index is 9.68. The molecular formula is C19H39N5O. The molecule has 1 heterocycles. The summed E-state index contributed by atoms with van der Waals surface area (Å²) in [7, 11) is 0. The van der Waals surface area contributed by atoms with E-state index in [1.807, 2.05) is 0 Å². The Morgan fingerprint density at radius 2 is 0.960 bits per heavy atom. The van der Waals surface area contributed by atoms with E-state index in [0.717, 1.165) is 32.7 Å². The highest BCUT2D eigenvalue weighted by molar-refractivity contribution is 4.90. The lowest BCUT2D eigenvalue weighted by Gasteiger charge is -2.35. The van der Waals surface area contributed by atoms with E-state index < -0.39 is 0 Å². The lowest BCUT2D eigenvalue weighted by atomic mass is 9.89. The van der Waals surface area contributed by atoms with Crippen molar-refractivity contribution in [3.63, 3.8) is 0 Å². The van der Waals surface area contributed by atoms with E-state index in [2.05, 4.69) is 26.6 Å². The highest BCUT2D eigenvalue weighted by Crippen LogP contribution is 2.20. The normalized spacial score (nSPS) is 39.5. The maximum absolute atomic E-state index is 9.68. The highest BCUT2D eigenvalue weighted by Gasteiger charge is 2.26. The van der Waals surface area contributed by atoms with Crippen LogP contribution in [0.4, 0.5) is 0 Å². The minimum atomic E-state index is 0.148. The molecule has 0 radical (unpaired) electrons. The summed E-state index contributed by atoms with van der Waals surface area (Å²) in [5, 5.41) is 28.2. The minimum Gasteiger partial charge on any atom is -0.395 e. The predicted molar refractivity (Wildman–Crippen MR) is 103 cm³/mol. The van der Waals surface area contributed by atoms with Crippen molar-refractivity contribution in [3.05, 3.63) is 0 Å². The number of fused-ring (bicyclic) bond motifs is 2. The Kier molecular flexibility index (Phi) is 8.43. The molecule has 6 nitrogen and oxygen atoms in total. The van der Waals surface area contributed by atoms with Gasteiger partial charge in [0.25, 0.3) is 0 Å². The Morgan fingerprint density at radius 3 is 1.40 bits per heavy atom. The third-order valence-corrected chi connectivity index (χ3v) is 6.28. The van der Waals surface area contributed by atoms with Crippen molar-refractivity contribution in [2.24, 2.45) is 0 Å². The summed E-state index contributed by atoms with van der Waals surface area (Å²) in [5.74, 6) is 0. The van der Waals surface area contributed by atoms with Gasteiger partial charge in [0.1, 0.15) is 0 Å². The second kappa shape index (κ2) is 10.8. The second-order valence-electron chi connectivity index (χ2n) is 8.10. The third-order valence-electron chi connectivity index (χ3n) is 6.28. The fraction of sp³-hybridized carbons (Fsp3) is 1.00. The van der Waals surface area contributed by atoms with Crippen LogP contribution in [-0.4, -0.2) is 74.6 Å². The Balaban J connectivity index is 1.57. The number of aliphatic hydroxyl groups excluding tert-OH is 1. The molecule has 25 heavy (non-hydrogen) atoms. The zero-order valence-electron chi connectivity index (χ0n) is 15.7. The molecule has 3 rings (SSSR count). The Labute approximate surface area is 153 Å². The molecule has 3 aliphatic rings. The van der Waals surface area contributed by atoms with Gasteiger partial charge in [-0.1, -0.05) is 25.7 Å². The van der Waals surface area contributed by atoms with Gasteiger partial charge in [-0.3, -0.25) is 0 Å². The molecule has 2 aliphatic carbocycles. The monoisotopic (exact) mass is 353 g/mol. The van der Waals surface area contributed by atoms with Crippen LogP contribution in [0.15, 0.2) is 0 Å². The van der Waals surface area contributed by atoms with E-state index in [1.54, 1.807) is 0 Å². The van der Waals surface area contributed by atoms with Gasteiger partial charge in [-0.15, -0.1) is 0 Å². The first-order chi connectivity index (χ1) is 12.4. The van der Waals surface area contributed by atoms with Gasteiger partial charge < -0.3 is 31.7 Å². The number of hydrogen-bond acceptors (Lipinski definition) is 6. The van der Waals surface area contributed by atoms with Gasteiger partial charge in [0.2, 0.25) is 0 Å². The third kappa shape index (κ3) is 6.15. The lowest BCUT2D eigenvalue weighted by molar-refractivity contribution is 0.221. The van der Waals surface area contributed by atoms with Crippen molar-refractivity contribution < 1.29 is 5.11 Å². The molecule has 0 aromatic heterocycles. The summed E-state index contributed by atoms with van der Waals surface area (Å²) < 4.78 is 0. The number of aliphatic hydroxyl groups is 1.